The van der Waals surface area contributed by atoms with Gasteiger partial charge in [-0.05, 0) is 54.5 Å². The molecule has 4 nitrogen and oxygen atoms in total. The monoisotopic (exact) mass is 509 g/mol. The molecule has 1 heterocycles. The van der Waals surface area contributed by atoms with Crippen LogP contribution in [0, 0.1) is 0 Å². The van der Waals surface area contributed by atoms with Gasteiger partial charge in [-0.1, -0.05) is 58.5 Å². The largest absolute Gasteiger partial charge is 0.334 e. The van der Waals surface area contributed by atoms with Crippen molar-refractivity contribution in [2.75, 3.05) is 13.1 Å². The van der Waals surface area contributed by atoms with Gasteiger partial charge in [-0.25, -0.2) is 0 Å². The Morgan fingerprint density at radius 2 is 1.28 bits per heavy atom. The van der Waals surface area contributed by atoms with E-state index in [0.29, 0.717) is 42.4 Å². The van der Waals surface area contributed by atoms with Crippen LogP contribution in [0.5, 0.6) is 0 Å². The van der Waals surface area contributed by atoms with Crippen LogP contribution < -0.4 is 0 Å². The molecule has 0 bridgehead atoms. The minimum Gasteiger partial charge on any atom is -0.334 e. The lowest BCUT2D eigenvalue weighted by molar-refractivity contribution is -0.133. The first kappa shape index (κ1) is 24.5. The molecular formula is C24H19Cl4NO3. The number of amides is 1. The van der Waals surface area contributed by atoms with Gasteiger partial charge in [0.05, 0.1) is 20.1 Å². The molecule has 0 saturated carbocycles. The van der Waals surface area contributed by atoms with Gasteiger partial charge in [-0.3, -0.25) is 9.59 Å². The van der Waals surface area contributed by atoms with Gasteiger partial charge in [0.1, 0.15) is 5.78 Å². The predicted octanol–water partition coefficient (Wildman–Crippen LogP) is 6.55. The zero-order valence-corrected chi connectivity index (χ0v) is 20.2. The number of benzene rings is 2. The molecule has 1 fully saturated rings. The molecule has 0 aliphatic carbocycles. The van der Waals surface area contributed by atoms with Crippen LogP contribution in [-0.4, -0.2) is 35.5 Å². The van der Waals surface area contributed by atoms with E-state index in [9.17, 15) is 14.4 Å². The van der Waals surface area contributed by atoms with Crippen molar-refractivity contribution in [2.24, 2.45) is 0 Å². The number of likely N-dealkylation sites (tertiary alicyclic amines) is 1. The normalized spacial score (nSPS) is 16.7. The predicted molar refractivity (Wildman–Crippen MR) is 130 cm³/mol. The fourth-order valence-corrected chi connectivity index (χ4v) is 3.88. The maximum Gasteiger partial charge on any atom is 0.223 e. The Morgan fingerprint density at radius 3 is 1.69 bits per heavy atom. The van der Waals surface area contributed by atoms with Gasteiger partial charge in [-0.15, -0.1) is 0 Å². The number of nitrogens with zero attached hydrogens (tertiary/aromatic N) is 1. The molecular weight excluding hydrogens is 492 g/mol. The van der Waals surface area contributed by atoms with E-state index < -0.39 is 0 Å². The summed E-state index contributed by atoms with van der Waals surface area (Å²) < 4.78 is 0. The number of hydrogen-bond donors (Lipinski definition) is 0. The molecule has 1 aliphatic heterocycles. The van der Waals surface area contributed by atoms with E-state index in [-0.39, 0.29) is 43.4 Å². The van der Waals surface area contributed by atoms with Crippen molar-refractivity contribution >= 4 is 76.0 Å². The van der Waals surface area contributed by atoms with Gasteiger partial charge in [0.25, 0.3) is 0 Å². The van der Waals surface area contributed by atoms with Gasteiger partial charge in [0.15, 0.2) is 5.78 Å². The SMILES string of the molecule is CC(=O)CCC(=O)N1C/C(=C\c2ccc(Cl)c(Cl)c2)C(=O)/C(=C/c2ccc(Cl)c(Cl)c2)C1. The fourth-order valence-electron chi connectivity index (χ4n) is 3.26. The Kier molecular flexibility index (Phi) is 8.18. The zero-order valence-electron chi connectivity index (χ0n) is 17.1. The van der Waals surface area contributed by atoms with Crippen LogP contribution in [0.3, 0.4) is 0 Å². The van der Waals surface area contributed by atoms with Crippen molar-refractivity contribution in [1.82, 2.24) is 4.90 Å². The van der Waals surface area contributed by atoms with Crippen LogP contribution in [0.25, 0.3) is 12.2 Å². The summed E-state index contributed by atoms with van der Waals surface area (Å²) in [7, 11) is 0. The van der Waals surface area contributed by atoms with Gasteiger partial charge >= 0.3 is 0 Å². The molecule has 0 radical (unpaired) electrons. The van der Waals surface area contributed by atoms with Crippen LogP contribution in [0.15, 0.2) is 47.5 Å². The summed E-state index contributed by atoms with van der Waals surface area (Å²) in [5.41, 5.74) is 2.23. The van der Waals surface area contributed by atoms with E-state index in [1.807, 2.05) is 0 Å². The summed E-state index contributed by atoms with van der Waals surface area (Å²) in [6, 6.07) is 10.1. The van der Waals surface area contributed by atoms with Crippen molar-refractivity contribution in [1.29, 1.82) is 0 Å². The molecule has 0 N–H and O–H groups in total. The third-order valence-electron chi connectivity index (χ3n) is 4.92. The smallest absolute Gasteiger partial charge is 0.223 e. The highest BCUT2D eigenvalue weighted by Gasteiger charge is 2.29. The number of carbonyl (C=O) groups is 3. The average Bonchev–Trinajstić information content (AvgIpc) is 2.74. The standard InChI is InChI=1S/C24H19Cl4NO3/c1-14(30)2-7-23(31)29-12-17(8-15-3-5-19(25)21(27)10-15)24(32)18(13-29)9-16-4-6-20(26)22(28)11-16/h3-6,8-11H,2,7,12-13H2,1H3/b17-8+,18-9+. The Morgan fingerprint density at radius 1 is 0.812 bits per heavy atom. The number of piperidine rings is 1. The molecule has 0 spiro atoms. The zero-order chi connectivity index (χ0) is 23.4. The Balaban J connectivity index is 1.98. The first-order valence-corrected chi connectivity index (χ1v) is 11.3. The Labute approximate surface area is 206 Å². The molecule has 3 rings (SSSR count). The van der Waals surface area contributed by atoms with Gasteiger partial charge in [0.2, 0.25) is 5.91 Å². The third kappa shape index (κ3) is 6.23. The van der Waals surface area contributed by atoms with E-state index in [1.54, 1.807) is 53.5 Å². The molecule has 1 amide bonds. The maximum atomic E-state index is 13.2. The van der Waals surface area contributed by atoms with E-state index in [4.69, 9.17) is 46.4 Å². The van der Waals surface area contributed by atoms with Crippen molar-refractivity contribution < 1.29 is 14.4 Å². The van der Waals surface area contributed by atoms with Crippen molar-refractivity contribution in [3.63, 3.8) is 0 Å². The first-order chi connectivity index (χ1) is 15.1. The third-order valence-corrected chi connectivity index (χ3v) is 6.40. The quantitative estimate of drug-likeness (QED) is 0.428. The van der Waals surface area contributed by atoms with E-state index >= 15 is 0 Å². The van der Waals surface area contributed by atoms with Crippen molar-refractivity contribution in [2.45, 2.75) is 19.8 Å². The van der Waals surface area contributed by atoms with Crippen LogP contribution in [-0.2, 0) is 14.4 Å². The highest BCUT2D eigenvalue weighted by Crippen LogP contribution is 2.28. The van der Waals surface area contributed by atoms with Gasteiger partial charge < -0.3 is 9.69 Å². The summed E-state index contributed by atoms with van der Waals surface area (Å²) in [5.74, 6) is -0.449. The lowest BCUT2D eigenvalue weighted by Gasteiger charge is -2.30. The Bertz CT molecular complexity index is 1080. The van der Waals surface area contributed by atoms with E-state index in [1.165, 1.54) is 6.92 Å². The molecule has 2 aromatic rings. The van der Waals surface area contributed by atoms with Crippen molar-refractivity contribution in [3.05, 3.63) is 78.8 Å². The minimum absolute atomic E-state index is 0.0652. The Hall–Kier alpha value is -2.11. The molecule has 0 atom stereocenters. The number of ketones is 2. The molecule has 166 valence electrons. The fraction of sp³-hybridized carbons (Fsp3) is 0.208. The highest BCUT2D eigenvalue weighted by atomic mass is 35.5. The van der Waals surface area contributed by atoms with E-state index in [0.717, 1.165) is 0 Å². The number of Topliss-reactive ketones (excluding diaryl/α,β-unsaturated/α-hetero) is 2. The van der Waals surface area contributed by atoms with E-state index in [2.05, 4.69) is 0 Å². The summed E-state index contributed by atoms with van der Waals surface area (Å²) in [4.78, 5) is 38.8. The molecule has 32 heavy (non-hydrogen) atoms. The minimum atomic E-state index is -0.201. The number of rotatable bonds is 5. The molecule has 8 heteroatoms. The second-order valence-electron chi connectivity index (χ2n) is 7.47. The molecule has 0 unspecified atom stereocenters. The second-order valence-corrected chi connectivity index (χ2v) is 9.10. The topological polar surface area (TPSA) is 54.5 Å². The second kappa shape index (κ2) is 10.7. The lowest BCUT2D eigenvalue weighted by atomic mass is 9.94. The summed E-state index contributed by atoms with van der Waals surface area (Å²) in [6.07, 6.45) is 3.62. The molecule has 1 aliphatic rings. The highest BCUT2D eigenvalue weighted by molar-refractivity contribution is 6.42. The van der Waals surface area contributed by atoms with Crippen molar-refractivity contribution in [3.8, 4) is 0 Å². The molecule has 0 aromatic heterocycles. The van der Waals surface area contributed by atoms with Crippen LogP contribution >= 0.6 is 46.4 Å². The van der Waals surface area contributed by atoms with Crippen LogP contribution in [0.1, 0.15) is 30.9 Å². The lowest BCUT2D eigenvalue weighted by Crippen LogP contribution is -2.41. The first-order valence-electron chi connectivity index (χ1n) is 9.77. The number of halogens is 4. The summed E-state index contributed by atoms with van der Waals surface area (Å²) in [6.45, 7) is 1.71. The van der Waals surface area contributed by atoms with Crippen LogP contribution in [0.2, 0.25) is 20.1 Å². The summed E-state index contributed by atoms with van der Waals surface area (Å²) in [5, 5.41) is 1.55. The molecule has 1 saturated heterocycles. The van der Waals surface area contributed by atoms with Gasteiger partial charge in [0, 0.05) is 37.1 Å². The average molecular weight is 511 g/mol. The van der Waals surface area contributed by atoms with Gasteiger partial charge in [-0.2, -0.15) is 0 Å². The summed E-state index contributed by atoms with van der Waals surface area (Å²) >= 11 is 24.2. The number of hydrogen-bond acceptors (Lipinski definition) is 3. The number of carbonyl (C=O) groups excluding carboxylic acids is 3. The van der Waals surface area contributed by atoms with Crippen LogP contribution in [0.4, 0.5) is 0 Å². The maximum absolute atomic E-state index is 13.2. The molecule has 2 aromatic carbocycles.